The minimum Gasteiger partial charge on any atom is -0.242 e. The molecule has 0 spiro atoms. The van der Waals surface area contributed by atoms with Crippen LogP contribution in [0.15, 0.2) is 48.5 Å². The number of hydrogen-bond acceptors (Lipinski definition) is 1. The summed E-state index contributed by atoms with van der Waals surface area (Å²) in [5, 5.41) is 2.82. The molecule has 0 saturated carbocycles. The second-order valence-electron chi connectivity index (χ2n) is 8.09. The number of hydrogen-bond donors (Lipinski definition) is 0. The van der Waals surface area contributed by atoms with Crippen molar-refractivity contribution in [2.75, 3.05) is 13.1 Å². The minimum absolute atomic E-state index is 0.188. The van der Waals surface area contributed by atoms with Gasteiger partial charge in [0, 0.05) is 18.1 Å². The lowest BCUT2D eigenvalue weighted by Crippen LogP contribution is -2.35. The van der Waals surface area contributed by atoms with Crippen molar-refractivity contribution in [2.24, 2.45) is 0 Å². The number of rotatable bonds is 5. The van der Waals surface area contributed by atoms with E-state index in [4.69, 9.17) is 11.6 Å². The second-order valence-corrected chi connectivity index (χ2v) is 9.98. The van der Waals surface area contributed by atoms with Crippen LogP contribution in [-0.4, -0.2) is 21.6 Å². The third kappa shape index (κ3) is 4.46. The summed E-state index contributed by atoms with van der Waals surface area (Å²) in [6.45, 7) is 5.90. The maximum Gasteiger partial charge on any atom is 0.123 e. The Hall–Kier alpha value is -1.75. The molecule has 1 fully saturated rings. The molecule has 0 aromatic heterocycles. The summed E-state index contributed by atoms with van der Waals surface area (Å²) < 4.78 is 29.0. The van der Waals surface area contributed by atoms with Crippen molar-refractivity contribution in [2.45, 2.75) is 44.8 Å². The highest BCUT2D eigenvalue weighted by molar-refractivity contribution is 7.81. The fourth-order valence-electron chi connectivity index (χ4n) is 4.66. The normalized spacial score (nSPS) is 16.8. The molecular weight excluding hydrogens is 417 g/mol. The van der Waals surface area contributed by atoms with Crippen molar-refractivity contribution in [3.8, 4) is 0 Å². The van der Waals surface area contributed by atoms with Gasteiger partial charge in [0.15, 0.2) is 0 Å². The van der Waals surface area contributed by atoms with Gasteiger partial charge in [-0.1, -0.05) is 42.8 Å². The van der Waals surface area contributed by atoms with E-state index in [1.54, 1.807) is 12.1 Å². The summed E-state index contributed by atoms with van der Waals surface area (Å²) in [5.41, 5.74) is 4.89. The molecule has 158 valence electrons. The highest BCUT2D eigenvalue weighted by Crippen LogP contribution is 2.38. The Labute approximate surface area is 185 Å². The van der Waals surface area contributed by atoms with Gasteiger partial charge in [0.25, 0.3) is 0 Å². The smallest absolute Gasteiger partial charge is 0.123 e. The molecule has 5 heteroatoms. The first-order valence-electron chi connectivity index (χ1n) is 10.6. The standard InChI is InChI=1S/C25H27ClFNOS/c1-3-19-14-21-7-8-23(27)15-24(21)25(17(19)2)20-9-11-28(12-10-20)30(29)16-18-5-4-6-22(26)13-18/h4-8,13-15,20H,3,9-12,16H2,1-2H3. The Balaban J connectivity index is 1.54. The van der Waals surface area contributed by atoms with E-state index in [1.807, 2.05) is 30.3 Å². The van der Waals surface area contributed by atoms with Crippen LogP contribution < -0.4 is 0 Å². The van der Waals surface area contributed by atoms with E-state index in [0.29, 0.717) is 16.7 Å². The lowest BCUT2D eigenvalue weighted by Gasteiger charge is -2.33. The van der Waals surface area contributed by atoms with Crippen molar-refractivity contribution in [3.05, 3.63) is 81.6 Å². The summed E-state index contributed by atoms with van der Waals surface area (Å²) in [4.78, 5) is 0. The molecule has 0 bridgehead atoms. The molecule has 1 unspecified atom stereocenters. The molecule has 0 amide bonds. The van der Waals surface area contributed by atoms with E-state index in [0.717, 1.165) is 48.7 Å². The van der Waals surface area contributed by atoms with Gasteiger partial charge in [-0.3, -0.25) is 0 Å². The van der Waals surface area contributed by atoms with Crippen LogP contribution in [0, 0.1) is 12.7 Å². The second kappa shape index (κ2) is 9.17. The molecule has 1 aliphatic rings. The van der Waals surface area contributed by atoms with E-state index >= 15 is 0 Å². The predicted molar refractivity (Wildman–Crippen MR) is 125 cm³/mol. The van der Waals surface area contributed by atoms with E-state index in [9.17, 15) is 8.60 Å². The molecule has 1 atom stereocenters. The summed E-state index contributed by atoms with van der Waals surface area (Å²) >= 11 is 6.06. The summed E-state index contributed by atoms with van der Waals surface area (Å²) in [5.74, 6) is 0.664. The largest absolute Gasteiger partial charge is 0.242 e. The SMILES string of the molecule is CCc1cc2ccc(F)cc2c(C2CCN(S(=O)Cc3cccc(Cl)c3)CC2)c1C. The Morgan fingerprint density at radius 2 is 1.90 bits per heavy atom. The molecule has 0 radical (unpaired) electrons. The van der Waals surface area contributed by atoms with Crippen LogP contribution in [0.4, 0.5) is 4.39 Å². The Morgan fingerprint density at radius 1 is 1.13 bits per heavy atom. The zero-order chi connectivity index (χ0) is 21.3. The molecule has 30 heavy (non-hydrogen) atoms. The minimum atomic E-state index is -1.06. The maximum absolute atomic E-state index is 14.0. The maximum atomic E-state index is 14.0. The zero-order valence-electron chi connectivity index (χ0n) is 17.5. The lowest BCUT2D eigenvalue weighted by molar-refractivity contribution is 0.334. The topological polar surface area (TPSA) is 20.3 Å². The van der Waals surface area contributed by atoms with Crippen LogP contribution >= 0.6 is 11.6 Å². The van der Waals surface area contributed by atoms with Gasteiger partial charge in [0.1, 0.15) is 5.82 Å². The Morgan fingerprint density at radius 3 is 2.60 bits per heavy atom. The fraction of sp³-hybridized carbons (Fsp3) is 0.360. The average molecular weight is 444 g/mol. The van der Waals surface area contributed by atoms with Gasteiger partial charge in [0.2, 0.25) is 0 Å². The van der Waals surface area contributed by atoms with Gasteiger partial charge in [-0.15, -0.1) is 0 Å². The number of aryl methyl sites for hydroxylation is 1. The lowest BCUT2D eigenvalue weighted by atomic mass is 9.82. The molecular formula is C25H27ClFNOS. The van der Waals surface area contributed by atoms with Crippen molar-refractivity contribution in [1.29, 1.82) is 0 Å². The highest BCUT2D eigenvalue weighted by atomic mass is 35.5. The molecule has 2 nitrogen and oxygen atoms in total. The molecule has 0 aliphatic carbocycles. The van der Waals surface area contributed by atoms with Crippen LogP contribution in [-0.2, 0) is 23.2 Å². The van der Waals surface area contributed by atoms with Crippen molar-refractivity contribution >= 4 is 33.4 Å². The Kier molecular flexibility index (Phi) is 6.57. The van der Waals surface area contributed by atoms with E-state index in [1.165, 1.54) is 16.7 Å². The summed E-state index contributed by atoms with van der Waals surface area (Å²) in [7, 11) is -1.06. The van der Waals surface area contributed by atoms with Gasteiger partial charge >= 0.3 is 0 Å². The first-order chi connectivity index (χ1) is 14.5. The average Bonchev–Trinajstić information content (AvgIpc) is 2.73. The summed E-state index contributed by atoms with van der Waals surface area (Å²) in [6.07, 6.45) is 2.83. The van der Waals surface area contributed by atoms with Crippen molar-refractivity contribution in [3.63, 3.8) is 0 Å². The summed E-state index contributed by atoms with van der Waals surface area (Å²) in [6, 6.07) is 14.9. The fourth-order valence-corrected chi connectivity index (χ4v) is 6.14. The van der Waals surface area contributed by atoms with Gasteiger partial charge < -0.3 is 0 Å². The van der Waals surface area contributed by atoms with Gasteiger partial charge in [0.05, 0.1) is 16.7 Å². The van der Waals surface area contributed by atoms with Crippen molar-refractivity contribution in [1.82, 2.24) is 4.31 Å². The molecule has 4 rings (SSSR count). The van der Waals surface area contributed by atoms with Gasteiger partial charge in [-0.05, 0) is 89.4 Å². The quantitative estimate of drug-likeness (QED) is 0.438. The van der Waals surface area contributed by atoms with Crippen LogP contribution in [0.5, 0.6) is 0 Å². The molecule has 3 aromatic carbocycles. The third-order valence-electron chi connectivity index (χ3n) is 6.23. The third-order valence-corrected chi connectivity index (χ3v) is 7.99. The molecule has 1 aliphatic heterocycles. The number of fused-ring (bicyclic) bond motifs is 1. The van der Waals surface area contributed by atoms with Crippen LogP contribution in [0.3, 0.4) is 0 Å². The van der Waals surface area contributed by atoms with Gasteiger partial charge in [-0.25, -0.2) is 12.9 Å². The molecule has 0 N–H and O–H groups in total. The number of piperidine rings is 1. The van der Waals surface area contributed by atoms with E-state index in [2.05, 4.69) is 24.2 Å². The van der Waals surface area contributed by atoms with E-state index in [-0.39, 0.29) is 5.82 Å². The monoisotopic (exact) mass is 443 g/mol. The van der Waals surface area contributed by atoms with Gasteiger partial charge in [-0.2, -0.15) is 0 Å². The first-order valence-corrected chi connectivity index (χ1v) is 12.2. The first kappa shape index (κ1) is 21.5. The Bertz CT molecular complexity index is 1090. The number of benzene rings is 3. The molecule has 1 saturated heterocycles. The highest BCUT2D eigenvalue weighted by Gasteiger charge is 2.27. The molecule has 3 aromatic rings. The van der Waals surface area contributed by atoms with E-state index < -0.39 is 11.0 Å². The van der Waals surface area contributed by atoms with Crippen LogP contribution in [0.25, 0.3) is 10.8 Å². The number of nitrogens with zero attached hydrogens (tertiary/aromatic N) is 1. The van der Waals surface area contributed by atoms with Crippen molar-refractivity contribution < 1.29 is 8.60 Å². The van der Waals surface area contributed by atoms with Crippen LogP contribution in [0.1, 0.15) is 47.9 Å². The number of halogens is 2. The molecule has 1 heterocycles. The van der Waals surface area contributed by atoms with Crippen LogP contribution in [0.2, 0.25) is 5.02 Å². The zero-order valence-corrected chi connectivity index (χ0v) is 19.0. The predicted octanol–water partition coefficient (Wildman–Crippen LogP) is 6.55.